The molecular weight excluding hydrogens is 338 g/mol. The Balaban J connectivity index is 1.59. The third-order valence-corrected chi connectivity index (χ3v) is 6.84. The SMILES string of the molecule is Cc1cnc2c(S(=O)(=O)N3CCN(C(=O)C4CC4)CC3)cccc2c1. The van der Waals surface area contributed by atoms with Gasteiger partial charge in [-0.1, -0.05) is 12.1 Å². The predicted molar refractivity (Wildman–Crippen MR) is 94.5 cm³/mol. The summed E-state index contributed by atoms with van der Waals surface area (Å²) in [5.41, 5.74) is 1.50. The van der Waals surface area contributed by atoms with Crippen LogP contribution in [0.5, 0.6) is 0 Å². The third-order valence-electron chi connectivity index (χ3n) is 4.91. The molecule has 0 atom stereocenters. The lowest BCUT2D eigenvalue weighted by atomic mass is 10.2. The summed E-state index contributed by atoms with van der Waals surface area (Å²) in [6.45, 7) is 3.54. The molecule has 1 saturated carbocycles. The maximum Gasteiger partial charge on any atom is 0.245 e. The molecule has 1 aromatic carbocycles. The Morgan fingerprint density at radius 2 is 1.88 bits per heavy atom. The summed E-state index contributed by atoms with van der Waals surface area (Å²) >= 11 is 0. The number of hydrogen-bond acceptors (Lipinski definition) is 4. The van der Waals surface area contributed by atoms with Crippen molar-refractivity contribution in [2.24, 2.45) is 5.92 Å². The van der Waals surface area contributed by atoms with Crippen molar-refractivity contribution >= 4 is 26.8 Å². The van der Waals surface area contributed by atoms with E-state index < -0.39 is 10.0 Å². The molecule has 25 heavy (non-hydrogen) atoms. The Hall–Kier alpha value is -1.99. The quantitative estimate of drug-likeness (QED) is 0.838. The van der Waals surface area contributed by atoms with Crippen LogP contribution in [0.15, 0.2) is 35.4 Å². The van der Waals surface area contributed by atoms with Crippen LogP contribution >= 0.6 is 0 Å². The second kappa shape index (κ2) is 6.07. The molecule has 0 unspecified atom stereocenters. The van der Waals surface area contributed by atoms with Crippen LogP contribution in [0.3, 0.4) is 0 Å². The second-order valence-corrected chi connectivity index (χ2v) is 8.75. The number of carbonyl (C=O) groups excluding carboxylic acids is 1. The first-order valence-corrected chi connectivity index (χ1v) is 10.0. The van der Waals surface area contributed by atoms with Gasteiger partial charge in [0.05, 0.1) is 5.52 Å². The van der Waals surface area contributed by atoms with Crippen molar-refractivity contribution in [3.05, 3.63) is 36.0 Å². The van der Waals surface area contributed by atoms with E-state index in [1.54, 1.807) is 23.2 Å². The molecule has 132 valence electrons. The highest BCUT2D eigenvalue weighted by atomic mass is 32.2. The summed E-state index contributed by atoms with van der Waals surface area (Å²) in [7, 11) is -3.62. The minimum Gasteiger partial charge on any atom is -0.340 e. The van der Waals surface area contributed by atoms with Gasteiger partial charge in [-0.3, -0.25) is 9.78 Å². The normalized spacial score (nSPS) is 19.3. The van der Waals surface area contributed by atoms with Crippen molar-refractivity contribution in [1.82, 2.24) is 14.2 Å². The van der Waals surface area contributed by atoms with E-state index in [0.29, 0.717) is 31.7 Å². The van der Waals surface area contributed by atoms with Crippen molar-refractivity contribution in [2.75, 3.05) is 26.2 Å². The molecule has 0 spiro atoms. The summed E-state index contributed by atoms with van der Waals surface area (Å²) in [6, 6.07) is 7.18. The minimum absolute atomic E-state index is 0.175. The van der Waals surface area contributed by atoms with Crippen LogP contribution in [0.2, 0.25) is 0 Å². The molecule has 1 aromatic heterocycles. The van der Waals surface area contributed by atoms with Crippen molar-refractivity contribution in [3.8, 4) is 0 Å². The maximum absolute atomic E-state index is 13.1. The molecule has 0 bridgehead atoms. The number of aromatic nitrogens is 1. The van der Waals surface area contributed by atoms with Crippen LogP contribution in [0.1, 0.15) is 18.4 Å². The number of aryl methyl sites for hydroxylation is 1. The van der Waals surface area contributed by atoms with Crippen molar-refractivity contribution in [3.63, 3.8) is 0 Å². The van der Waals surface area contributed by atoms with Gasteiger partial charge >= 0.3 is 0 Å². The van der Waals surface area contributed by atoms with Gasteiger partial charge in [0, 0.05) is 43.7 Å². The van der Waals surface area contributed by atoms with Crippen LogP contribution in [0.25, 0.3) is 10.9 Å². The molecule has 0 radical (unpaired) electrons. The summed E-state index contributed by atoms with van der Waals surface area (Å²) in [4.78, 5) is 18.5. The fraction of sp³-hybridized carbons (Fsp3) is 0.444. The first kappa shape index (κ1) is 16.5. The largest absolute Gasteiger partial charge is 0.340 e. The van der Waals surface area contributed by atoms with E-state index in [1.165, 1.54) is 4.31 Å². The molecule has 6 nitrogen and oxygen atoms in total. The number of rotatable bonds is 3. The minimum atomic E-state index is -3.62. The number of amides is 1. The number of pyridine rings is 1. The third kappa shape index (κ3) is 3.02. The number of para-hydroxylation sites is 1. The van der Waals surface area contributed by atoms with Crippen molar-refractivity contribution in [1.29, 1.82) is 0 Å². The van der Waals surface area contributed by atoms with Crippen LogP contribution < -0.4 is 0 Å². The first-order valence-electron chi connectivity index (χ1n) is 8.61. The van der Waals surface area contributed by atoms with Gasteiger partial charge in [-0.15, -0.1) is 0 Å². The zero-order valence-electron chi connectivity index (χ0n) is 14.2. The van der Waals surface area contributed by atoms with Crippen LogP contribution in [0, 0.1) is 12.8 Å². The van der Waals surface area contributed by atoms with E-state index in [2.05, 4.69) is 4.98 Å². The zero-order valence-corrected chi connectivity index (χ0v) is 15.0. The lowest BCUT2D eigenvalue weighted by Gasteiger charge is -2.34. The van der Waals surface area contributed by atoms with E-state index in [1.807, 2.05) is 19.1 Å². The molecule has 7 heteroatoms. The molecule has 2 aromatic rings. The first-order chi connectivity index (χ1) is 12.0. The highest BCUT2D eigenvalue weighted by Crippen LogP contribution is 2.32. The monoisotopic (exact) mass is 359 g/mol. The highest BCUT2D eigenvalue weighted by molar-refractivity contribution is 7.89. The Kier molecular flexibility index (Phi) is 4.00. The fourth-order valence-electron chi connectivity index (χ4n) is 3.33. The molecule has 2 aliphatic rings. The molecule has 1 aliphatic carbocycles. The van der Waals surface area contributed by atoms with Crippen LogP contribution in [-0.4, -0.2) is 54.7 Å². The fourth-order valence-corrected chi connectivity index (χ4v) is 4.92. The molecular formula is C18H21N3O3S. The molecule has 0 N–H and O–H groups in total. The standard InChI is InChI=1S/C18H21N3O3S/c1-13-11-15-3-2-4-16(17(15)19-12-13)25(23,24)21-9-7-20(8-10-21)18(22)14-5-6-14/h2-4,11-12,14H,5-10H2,1H3. The summed E-state index contributed by atoms with van der Waals surface area (Å²) < 4.78 is 27.7. The van der Waals surface area contributed by atoms with Gasteiger partial charge in [0.25, 0.3) is 0 Å². The topological polar surface area (TPSA) is 70.6 Å². The average molecular weight is 359 g/mol. The molecule has 2 heterocycles. The zero-order chi connectivity index (χ0) is 17.6. The Morgan fingerprint density at radius 1 is 1.16 bits per heavy atom. The average Bonchev–Trinajstić information content (AvgIpc) is 3.45. The molecule has 1 aliphatic heterocycles. The number of carbonyl (C=O) groups is 1. The lowest BCUT2D eigenvalue weighted by molar-refractivity contribution is -0.133. The lowest BCUT2D eigenvalue weighted by Crippen LogP contribution is -2.50. The van der Waals surface area contributed by atoms with E-state index in [4.69, 9.17) is 0 Å². The van der Waals surface area contributed by atoms with E-state index >= 15 is 0 Å². The summed E-state index contributed by atoms with van der Waals surface area (Å²) in [6.07, 6.45) is 3.63. The molecule has 4 rings (SSSR count). The summed E-state index contributed by atoms with van der Waals surface area (Å²) in [5.74, 6) is 0.355. The number of piperazine rings is 1. The molecule has 1 amide bonds. The van der Waals surface area contributed by atoms with Crippen molar-refractivity contribution < 1.29 is 13.2 Å². The van der Waals surface area contributed by atoms with Gasteiger partial charge in [0.1, 0.15) is 4.90 Å². The Bertz CT molecular complexity index is 930. The van der Waals surface area contributed by atoms with Gasteiger partial charge in [-0.05, 0) is 37.5 Å². The van der Waals surface area contributed by atoms with E-state index in [0.717, 1.165) is 23.8 Å². The number of benzene rings is 1. The number of hydrogen-bond donors (Lipinski definition) is 0. The number of sulfonamides is 1. The Morgan fingerprint density at radius 3 is 2.56 bits per heavy atom. The highest BCUT2D eigenvalue weighted by Gasteiger charge is 2.37. The predicted octanol–water partition coefficient (Wildman–Crippen LogP) is 1.79. The van der Waals surface area contributed by atoms with Gasteiger partial charge < -0.3 is 4.90 Å². The molecule has 1 saturated heterocycles. The van der Waals surface area contributed by atoms with Crippen LogP contribution in [0.4, 0.5) is 0 Å². The van der Waals surface area contributed by atoms with Crippen molar-refractivity contribution in [2.45, 2.75) is 24.7 Å². The second-order valence-electron chi connectivity index (χ2n) is 6.84. The van der Waals surface area contributed by atoms with Crippen LogP contribution in [-0.2, 0) is 14.8 Å². The molecule has 2 fully saturated rings. The van der Waals surface area contributed by atoms with Gasteiger partial charge in [0.2, 0.25) is 15.9 Å². The Labute approximate surface area is 147 Å². The van der Waals surface area contributed by atoms with E-state index in [-0.39, 0.29) is 16.7 Å². The number of fused-ring (bicyclic) bond motifs is 1. The number of nitrogens with zero attached hydrogens (tertiary/aromatic N) is 3. The van der Waals surface area contributed by atoms with Gasteiger partial charge in [-0.2, -0.15) is 4.31 Å². The smallest absolute Gasteiger partial charge is 0.245 e. The van der Waals surface area contributed by atoms with Gasteiger partial charge in [-0.25, -0.2) is 8.42 Å². The summed E-state index contributed by atoms with van der Waals surface area (Å²) in [5, 5.41) is 0.823. The maximum atomic E-state index is 13.1. The van der Waals surface area contributed by atoms with E-state index in [9.17, 15) is 13.2 Å². The van der Waals surface area contributed by atoms with Gasteiger partial charge in [0.15, 0.2) is 0 Å².